The van der Waals surface area contributed by atoms with E-state index in [1.54, 1.807) is 16.4 Å². The van der Waals surface area contributed by atoms with Gasteiger partial charge in [-0.3, -0.25) is 0 Å². The van der Waals surface area contributed by atoms with E-state index >= 15 is 0 Å². The second-order valence-electron chi connectivity index (χ2n) is 5.81. The minimum atomic E-state index is -3.33. The Bertz CT molecular complexity index is 529. The van der Waals surface area contributed by atoms with Crippen molar-refractivity contribution in [2.24, 2.45) is 17.6 Å². The first kappa shape index (κ1) is 15.5. The summed E-state index contributed by atoms with van der Waals surface area (Å²) in [7, 11) is -3.33. The highest BCUT2D eigenvalue weighted by Gasteiger charge is 2.34. The summed E-state index contributed by atoms with van der Waals surface area (Å²) >= 11 is 0. The van der Waals surface area contributed by atoms with Crippen LogP contribution in [0.2, 0.25) is 0 Å². The highest BCUT2D eigenvalue weighted by Crippen LogP contribution is 2.28. The molecule has 1 aromatic carbocycles. The van der Waals surface area contributed by atoms with E-state index in [1.807, 2.05) is 12.1 Å². The number of hydrogen-bond donors (Lipinski definition) is 1. The van der Waals surface area contributed by atoms with Gasteiger partial charge in [-0.05, 0) is 48.9 Å². The standard InChI is InChI=1S/C15H24N2O2S/c1-12-10-17(11-13(12)2)20(18,19)15-7-5-14(6-8-15)4-3-9-16/h5-8,12-13H,3-4,9-11,16H2,1-2H3. The third kappa shape index (κ3) is 3.22. The van der Waals surface area contributed by atoms with Crippen LogP contribution in [-0.4, -0.2) is 32.4 Å². The van der Waals surface area contributed by atoms with Gasteiger partial charge in [-0.25, -0.2) is 8.42 Å². The van der Waals surface area contributed by atoms with E-state index in [4.69, 9.17) is 5.73 Å². The zero-order valence-corrected chi connectivity index (χ0v) is 13.1. The lowest BCUT2D eigenvalue weighted by Gasteiger charge is -2.16. The summed E-state index contributed by atoms with van der Waals surface area (Å²) in [6.45, 7) is 6.12. The molecular formula is C15H24N2O2S. The van der Waals surface area contributed by atoms with Crippen LogP contribution in [0.15, 0.2) is 29.2 Å². The minimum absolute atomic E-state index is 0.398. The molecule has 1 aromatic rings. The Morgan fingerprint density at radius 3 is 2.20 bits per heavy atom. The number of rotatable bonds is 5. The summed E-state index contributed by atoms with van der Waals surface area (Å²) in [5, 5.41) is 0. The summed E-state index contributed by atoms with van der Waals surface area (Å²) in [5.74, 6) is 0.849. The number of aryl methyl sites for hydroxylation is 1. The van der Waals surface area contributed by atoms with Crippen molar-refractivity contribution in [3.63, 3.8) is 0 Å². The quantitative estimate of drug-likeness (QED) is 0.902. The van der Waals surface area contributed by atoms with E-state index in [0.717, 1.165) is 18.4 Å². The molecule has 0 spiro atoms. The van der Waals surface area contributed by atoms with Crippen LogP contribution in [0.3, 0.4) is 0 Å². The molecule has 0 aromatic heterocycles. The molecule has 112 valence electrons. The molecule has 0 bridgehead atoms. The molecule has 0 amide bonds. The lowest BCUT2D eigenvalue weighted by atomic mass is 10.0. The SMILES string of the molecule is CC1CN(S(=O)(=O)c2ccc(CCCN)cc2)CC1C. The molecule has 1 heterocycles. The fourth-order valence-electron chi connectivity index (χ4n) is 2.56. The molecule has 5 heteroatoms. The van der Waals surface area contributed by atoms with E-state index < -0.39 is 10.0 Å². The van der Waals surface area contributed by atoms with E-state index in [0.29, 0.717) is 36.4 Å². The van der Waals surface area contributed by atoms with Crippen molar-refractivity contribution in [3.8, 4) is 0 Å². The molecule has 0 radical (unpaired) electrons. The van der Waals surface area contributed by atoms with Crippen LogP contribution in [0.25, 0.3) is 0 Å². The maximum Gasteiger partial charge on any atom is 0.243 e. The maximum atomic E-state index is 12.6. The Labute approximate surface area is 122 Å². The van der Waals surface area contributed by atoms with Crippen LogP contribution >= 0.6 is 0 Å². The summed E-state index contributed by atoms with van der Waals surface area (Å²) in [5.41, 5.74) is 6.62. The van der Waals surface area contributed by atoms with Gasteiger partial charge in [0.2, 0.25) is 10.0 Å². The highest BCUT2D eigenvalue weighted by molar-refractivity contribution is 7.89. The molecule has 1 saturated heterocycles. The Kier molecular flexibility index (Phi) is 4.83. The summed E-state index contributed by atoms with van der Waals surface area (Å²) in [6.07, 6.45) is 1.82. The van der Waals surface area contributed by atoms with Gasteiger partial charge < -0.3 is 5.73 Å². The van der Waals surface area contributed by atoms with Crippen LogP contribution in [0.4, 0.5) is 0 Å². The number of hydrogen-bond acceptors (Lipinski definition) is 3. The van der Waals surface area contributed by atoms with Gasteiger partial charge in [0, 0.05) is 13.1 Å². The normalized spacial score (nSPS) is 24.1. The summed E-state index contributed by atoms with van der Waals surface area (Å²) in [6, 6.07) is 7.22. The van der Waals surface area contributed by atoms with Crippen molar-refractivity contribution in [1.29, 1.82) is 0 Å². The van der Waals surface area contributed by atoms with Crippen LogP contribution < -0.4 is 5.73 Å². The zero-order chi connectivity index (χ0) is 14.8. The molecule has 2 rings (SSSR count). The average Bonchev–Trinajstić information content (AvgIpc) is 2.77. The Morgan fingerprint density at radius 1 is 1.15 bits per heavy atom. The lowest BCUT2D eigenvalue weighted by Crippen LogP contribution is -2.29. The van der Waals surface area contributed by atoms with Crippen molar-refractivity contribution in [2.45, 2.75) is 31.6 Å². The fraction of sp³-hybridized carbons (Fsp3) is 0.600. The second kappa shape index (κ2) is 6.24. The van der Waals surface area contributed by atoms with Gasteiger partial charge in [0.25, 0.3) is 0 Å². The van der Waals surface area contributed by atoms with Crippen LogP contribution in [-0.2, 0) is 16.4 Å². The first-order chi connectivity index (χ1) is 9.45. The Morgan fingerprint density at radius 2 is 1.70 bits per heavy atom. The summed E-state index contributed by atoms with van der Waals surface area (Å²) in [4.78, 5) is 0.398. The lowest BCUT2D eigenvalue weighted by molar-refractivity contribution is 0.463. The van der Waals surface area contributed by atoms with E-state index in [-0.39, 0.29) is 0 Å². The highest BCUT2D eigenvalue weighted by atomic mass is 32.2. The zero-order valence-electron chi connectivity index (χ0n) is 12.2. The molecule has 1 aliphatic heterocycles. The van der Waals surface area contributed by atoms with Crippen molar-refractivity contribution >= 4 is 10.0 Å². The number of nitrogens with two attached hydrogens (primary N) is 1. The molecule has 1 fully saturated rings. The second-order valence-corrected chi connectivity index (χ2v) is 7.75. The van der Waals surface area contributed by atoms with Gasteiger partial charge >= 0.3 is 0 Å². The van der Waals surface area contributed by atoms with Gasteiger partial charge in [0.05, 0.1) is 4.90 Å². The molecule has 0 saturated carbocycles. The predicted molar refractivity (Wildman–Crippen MR) is 80.9 cm³/mol. The largest absolute Gasteiger partial charge is 0.330 e. The Balaban J connectivity index is 2.14. The van der Waals surface area contributed by atoms with Gasteiger partial charge in [-0.1, -0.05) is 26.0 Å². The van der Waals surface area contributed by atoms with Crippen molar-refractivity contribution in [1.82, 2.24) is 4.31 Å². The van der Waals surface area contributed by atoms with E-state index in [2.05, 4.69) is 13.8 Å². The summed E-state index contributed by atoms with van der Waals surface area (Å²) < 4.78 is 26.7. The van der Waals surface area contributed by atoms with Crippen molar-refractivity contribution < 1.29 is 8.42 Å². The van der Waals surface area contributed by atoms with Crippen molar-refractivity contribution in [2.75, 3.05) is 19.6 Å². The first-order valence-corrected chi connectivity index (χ1v) is 8.68. The molecule has 2 atom stereocenters. The third-order valence-corrected chi connectivity index (χ3v) is 6.03. The van der Waals surface area contributed by atoms with E-state index in [1.165, 1.54) is 0 Å². The Hall–Kier alpha value is -0.910. The third-order valence-electron chi connectivity index (χ3n) is 4.19. The van der Waals surface area contributed by atoms with Crippen molar-refractivity contribution in [3.05, 3.63) is 29.8 Å². The minimum Gasteiger partial charge on any atom is -0.330 e. The van der Waals surface area contributed by atoms with Gasteiger partial charge in [0.15, 0.2) is 0 Å². The van der Waals surface area contributed by atoms with Crippen LogP contribution in [0.5, 0.6) is 0 Å². The molecule has 2 unspecified atom stereocenters. The average molecular weight is 296 g/mol. The molecule has 0 aliphatic carbocycles. The molecule has 20 heavy (non-hydrogen) atoms. The molecular weight excluding hydrogens is 272 g/mol. The monoisotopic (exact) mass is 296 g/mol. The van der Waals surface area contributed by atoms with E-state index in [9.17, 15) is 8.42 Å². The number of nitrogens with zero attached hydrogens (tertiary/aromatic N) is 1. The smallest absolute Gasteiger partial charge is 0.243 e. The topological polar surface area (TPSA) is 63.4 Å². The van der Waals surface area contributed by atoms with Gasteiger partial charge in [-0.2, -0.15) is 4.31 Å². The molecule has 4 nitrogen and oxygen atoms in total. The number of benzene rings is 1. The van der Waals surface area contributed by atoms with Gasteiger partial charge in [-0.15, -0.1) is 0 Å². The van der Waals surface area contributed by atoms with Crippen LogP contribution in [0, 0.1) is 11.8 Å². The molecule has 2 N–H and O–H groups in total. The molecule has 1 aliphatic rings. The predicted octanol–water partition coefficient (Wildman–Crippen LogP) is 1.85. The van der Waals surface area contributed by atoms with Crippen LogP contribution in [0.1, 0.15) is 25.8 Å². The maximum absolute atomic E-state index is 12.6. The number of sulfonamides is 1. The van der Waals surface area contributed by atoms with Gasteiger partial charge in [0.1, 0.15) is 0 Å². The first-order valence-electron chi connectivity index (χ1n) is 7.24. The fourth-order valence-corrected chi connectivity index (χ4v) is 4.20.